The molecule has 34 heavy (non-hydrogen) atoms. The Kier molecular flexibility index (Phi) is 7.37. The number of thioether (sulfide) groups is 1. The zero-order valence-electron chi connectivity index (χ0n) is 19.7. The molecule has 3 aromatic rings. The van der Waals surface area contributed by atoms with Gasteiger partial charge in [0.2, 0.25) is 5.91 Å². The number of nitrogens with one attached hydrogen (secondary N) is 2. The van der Waals surface area contributed by atoms with Crippen molar-refractivity contribution in [2.75, 3.05) is 18.8 Å². The third-order valence-corrected chi connectivity index (χ3v) is 9.18. The van der Waals surface area contributed by atoms with Gasteiger partial charge in [0.15, 0.2) is 0 Å². The van der Waals surface area contributed by atoms with Crippen LogP contribution < -0.4 is 10.9 Å². The summed E-state index contributed by atoms with van der Waals surface area (Å²) in [5.41, 5.74) is 4.06. The van der Waals surface area contributed by atoms with Crippen molar-refractivity contribution in [3.05, 3.63) is 62.0 Å². The number of nitrogens with zero attached hydrogens (tertiary/aromatic N) is 2. The molecule has 1 unspecified atom stereocenters. The minimum absolute atomic E-state index is 0.0105. The Hall–Kier alpha value is -2.16. The SMILES string of the molecule is CCC(CNC(=O)CCSCc1nc2sc3c(c2c(=O)[nH]1)CCC3)N1CCc2ccccc2C1. The first-order valence-corrected chi connectivity index (χ1v) is 14.3. The molecule has 0 radical (unpaired) electrons. The molecular weight excluding hydrogens is 464 g/mol. The number of fused-ring (bicyclic) bond motifs is 4. The third-order valence-electron chi connectivity index (χ3n) is 7.02. The second kappa shape index (κ2) is 10.6. The number of aromatic amines is 1. The maximum atomic E-state index is 12.6. The fourth-order valence-electron chi connectivity index (χ4n) is 5.13. The van der Waals surface area contributed by atoms with Gasteiger partial charge in [-0.15, -0.1) is 11.3 Å². The molecule has 6 nitrogen and oxygen atoms in total. The second-order valence-corrected chi connectivity index (χ2v) is 11.4. The lowest BCUT2D eigenvalue weighted by molar-refractivity contribution is -0.120. The van der Waals surface area contributed by atoms with Gasteiger partial charge in [-0.1, -0.05) is 31.2 Å². The Morgan fingerprint density at radius 2 is 2.12 bits per heavy atom. The summed E-state index contributed by atoms with van der Waals surface area (Å²) in [5, 5.41) is 3.94. The van der Waals surface area contributed by atoms with E-state index in [9.17, 15) is 9.59 Å². The second-order valence-electron chi connectivity index (χ2n) is 9.21. The number of aromatic nitrogens is 2. The first-order valence-electron chi connectivity index (χ1n) is 12.3. The maximum absolute atomic E-state index is 12.6. The summed E-state index contributed by atoms with van der Waals surface area (Å²) < 4.78 is 0. The lowest BCUT2D eigenvalue weighted by Gasteiger charge is -2.35. The molecule has 8 heteroatoms. The molecule has 1 amide bonds. The normalized spacial score (nSPS) is 16.4. The smallest absolute Gasteiger partial charge is 0.259 e. The number of rotatable bonds is 9. The molecule has 0 fully saturated rings. The summed E-state index contributed by atoms with van der Waals surface area (Å²) in [6.45, 7) is 4.89. The van der Waals surface area contributed by atoms with Gasteiger partial charge in [0.05, 0.1) is 11.1 Å². The maximum Gasteiger partial charge on any atom is 0.259 e. The van der Waals surface area contributed by atoms with E-state index in [-0.39, 0.29) is 11.5 Å². The molecule has 0 saturated heterocycles. The van der Waals surface area contributed by atoms with Crippen molar-refractivity contribution in [3.63, 3.8) is 0 Å². The van der Waals surface area contributed by atoms with Crippen LogP contribution in [0.4, 0.5) is 0 Å². The van der Waals surface area contributed by atoms with Gasteiger partial charge in [-0.25, -0.2) is 4.98 Å². The van der Waals surface area contributed by atoms with Crippen LogP contribution in [0.3, 0.4) is 0 Å². The summed E-state index contributed by atoms with van der Waals surface area (Å²) in [5.74, 6) is 2.13. The van der Waals surface area contributed by atoms with Crippen LogP contribution in [0.15, 0.2) is 29.1 Å². The van der Waals surface area contributed by atoms with Crippen molar-refractivity contribution in [2.45, 2.75) is 63.8 Å². The number of aryl methyl sites for hydroxylation is 2. The monoisotopic (exact) mass is 496 g/mol. The zero-order chi connectivity index (χ0) is 23.5. The Morgan fingerprint density at radius 3 is 2.97 bits per heavy atom. The molecule has 2 N–H and O–H groups in total. The Bertz CT molecular complexity index is 1240. The number of carbonyl (C=O) groups is 1. The van der Waals surface area contributed by atoms with E-state index >= 15 is 0 Å². The van der Waals surface area contributed by atoms with Gasteiger partial charge in [-0.05, 0) is 48.8 Å². The van der Waals surface area contributed by atoms with Crippen LogP contribution in [0.1, 0.15) is 53.6 Å². The van der Waals surface area contributed by atoms with Crippen LogP contribution in [-0.4, -0.2) is 45.7 Å². The molecule has 1 aliphatic heterocycles. The highest BCUT2D eigenvalue weighted by Crippen LogP contribution is 2.34. The van der Waals surface area contributed by atoms with E-state index in [1.54, 1.807) is 23.1 Å². The fourth-order valence-corrected chi connectivity index (χ4v) is 7.21. The topological polar surface area (TPSA) is 78.1 Å². The average molecular weight is 497 g/mol. The molecule has 2 aromatic heterocycles. The molecule has 1 aliphatic carbocycles. The van der Waals surface area contributed by atoms with Gasteiger partial charge in [-0.2, -0.15) is 11.8 Å². The number of carbonyl (C=O) groups excluding carboxylic acids is 1. The van der Waals surface area contributed by atoms with Crippen LogP contribution >= 0.6 is 23.1 Å². The minimum Gasteiger partial charge on any atom is -0.355 e. The van der Waals surface area contributed by atoms with Crippen molar-refractivity contribution in [2.24, 2.45) is 0 Å². The number of amides is 1. The molecule has 0 saturated carbocycles. The number of hydrogen-bond acceptors (Lipinski definition) is 6. The highest BCUT2D eigenvalue weighted by Gasteiger charge is 2.23. The number of thiophene rings is 1. The van der Waals surface area contributed by atoms with Crippen LogP contribution in [0.5, 0.6) is 0 Å². The molecule has 0 bridgehead atoms. The fraction of sp³-hybridized carbons (Fsp3) is 0.500. The molecule has 5 rings (SSSR count). The standard InChI is InChI=1S/C26H32N4O2S2/c1-2-19(30-12-10-17-6-3-4-7-18(17)15-30)14-27-23(31)11-13-33-16-22-28-25(32)24-20-8-5-9-21(20)34-26(24)29-22/h3-4,6-7,19H,2,5,8-16H2,1H3,(H,27,31)(H,28,29,32). The summed E-state index contributed by atoms with van der Waals surface area (Å²) in [6.07, 6.45) is 5.77. The van der Waals surface area contributed by atoms with Crippen molar-refractivity contribution in [1.29, 1.82) is 0 Å². The van der Waals surface area contributed by atoms with Crippen LogP contribution in [0.2, 0.25) is 0 Å². The highest BCUT2D eigenvalue weighted by molar-refractivity contribution is 7.98. The summed E-state index contributed by atoms with van der Waals surface area (Å²) in [4.78, 5) is 37.4. The van der Waals surface area contributed by atoms with E-state index in [1.165, 1.54) is 21.6 Å². The average Bonchev–Trinajstić information content (AvgIpc) is 3.43. The molecule has 1 atom stereocenters. The zero-order valence-corrected chi connectivity index (χ0v) is 21.3. The molecule has 0 spiro atoms. The molecule has 2 aliphatic rings. The molecule has 1 aromatic carbocycles. The largest absolute Gasteiger partial charge is 0.355 e. The minimum atomic E-state index is -0.0105. The third kappa shape index (κ3) is 5.09. The van der Waals surface area contributed by atoms with E-state index in [2.05, 4.69) is 46.4 Å². The van der Waals surface area contributed by atoms with Crippen LogP contribution in [0.25, 0.3) is 10.2 Å². The Labute approximate surface area is 208 Å². The van der Waals surface area contributed by atoms with Crippen molar-refractivity contribution >= 4 is 39.2 Å². The van der Waals surface area contributed by atoms with E-state index < -0.39 is 0 Å². The number of hydrogen-bond donors (Lipinski definition) is 2. The lowest BCUT2D eigenvalue weighted by Crippen LogP contribution is -2.45. The highest BCUT2D eigenvalue weighted by atomic mass is 32.2. The van der Waals surface area contributed by atoms with Gasteiger partial charge < -0.3 is 10.3 Å². The van der Waals surface area contributed by atoms with E-state index in [0.29, 0.717) is 36.3 Å². The van der Waals surface area contributed by atoms with Gasteiger partial charge in [0.1, 0.15) is 10.7 Å². The summed E-state index contributed by atoms with van der Waals surface area (Å²) in [7, 11) is 0. The van der Waals surface area contributed by atoms with E-state index in [0.717, 1.165) is 55.4 Å². The summed E-state index contributed by atoms with van der Waals surface area (Å²) >= 11 is 3.31. The number of benzene rings is 1. The number of H-pyrrole nitrogens is 1. The van der Waals surface area contributed by atoms with E-state index in [1.807, 2.05) is 0 Å². The van der Waals surface area contributed by atoms with Crippen LogP contribution in [-0.2, 0) is 36.4 Å². The van der Waals surface area contributed by atoms with E-state index in [4.69, 9.17) is 4.98 Å². The van der Waals surface area contributed by atoms with Crippen molar-refractivity contribution < 1.29 is 4.79 Å². The van der Waals surface area contributed by atoms with Gasteiger partial charge in [0.25, 0.3) is 5.56 Å². The van der Waals surface area contributed by atoms with Crippen molar-refractivity contribution in [1.82, 2.24) is 20.2 Å². The Balaban J connectivity index is 1.07. The molecular formula is C26H32N4O2S2. The van der Waals surface area contributed by atoms with Gasteiger partial charge in [0, 0.05) is 42.7 Å². The molecule has 180 valence electrons. The quantitative estimate of drug-likeness (QED) is 0.437. The predicted octanol–water partition coefficient (Wildman–Crippen LogP) is 4.05. The van der Waals surface area contributed by atoms with Gasteiger partial charge >= 0.3 is 0 Å². The predicted molar refractivity (Wildman–Crippen MR) is 141 cm³/mol. The van der Waals surface area contributed by atoms with Crippen molar-refractivity contribution in [3.8, 4) is 0 Å². The first-order chi connectivity index (χ1) is 16.6. The molecule has 3 heterocycles. The lowest BCUT2D eigenvalue weighted by atomic mass is 9.98. The Morgan fingerprint density at radius 1 is 1.26 bits per heavy atom. The van der Waals surface area contributed by atoms with Gasteiger partial charge in [-0.3, -0.25) is 14.5 Å². The summed E-state index contributed by atoms with van der Waals surface area (Å²) in [6, 6.07) is 9.03. The first kappa shape index (κ1) is 23.6. The van der Waals surface area contributed by atoms with Crippen LogP contribution in [0, 0.1) is 0 Å².